The topological polar surface area (TPSA) is 3.24 Å². The van der Waals surface area contributed by atoms with Gasteiger partial charge in [0.05, 0.1) is 0 Å². The molecule has 0 aliphatic heterocycles. The second kappa shape index (κ2) is 3.49. The monoisotopic (exact) mass is 164 g/mol. The maximum Gasteiger partial charge on any atom is 0.108 e. The Kier molecular flexibility index (Phi) is 2.60. The molecule has 57 valence electrons. The van der Waals surface area contributed by atoms with Gasteiger partial charge in [-0.2, -0.15) is 0 Å². The molecule has 0 unspecified atom stereocenters. The van der Waals surface area contributed by atoms with Gasteiger partial charge in [-0.25, -0.2) is 0 Å². The highest BCUT2D eigenvalue weighted by Crippen LogP contribution is 2.01. The summed E-state index contributed by atoms with van der Waals surface area (Å²) in [5, 5.41) is 0. The minimum absolute atomic E-state index is 0.860. The van der Waals surface area contributed by atoms with Gasteiger partial charge in [0.25, 0.3) is 0 Å². The van der Waals surface area contributed by atoms with Crippen molar-refractivity contribution in [1.82, 2.24) is 4.90 Å². The van der Waals surface area contributed by atoms with Crippen molar-refractivity contribution in [2.45, 2.75) is 0 Å². The molecule has 0 spiro atoms. The zero-order valence-electron chi connectivity index (χ0n) is 6.66. The third-order valence-electron chi connectivity index (χ3n) is 1.37. The van der Waals surface area contributed by atoms with Crippen LogP contribution in [0.5, 0.6) is 0 Å². The minimum Gasteiger partial charge on any atom is -0.368 e. The van der Waals surface area contributed by atoms with Crippen molar-refractivity contribution in [2.24, 2.45) is 0 Å². The number of rotatable bonds is 1. The fraction of sp³-hybridized carbons (Fsp3) is 0.222. The van der Waals surface area contributed by atoms with E-state index in [1.54, 1.807) is 0 Å². The lowest BCUT2D eigenvalue weighted by Crippen LogP contribution is -2.20. The maximum atomic E-state index is 5.16. The lowest BCUT2D eigenvalue weighted by molar-refractivity contribution is 0.636. The second-order valence-electron chi connectivity index (χ2n) is 2.49. The van der Waals surface area contributed by atoms with E-state index in [0.717, 1.165) is 10.6 Å². The molecule has 0 bridgehead atoms. The molecule has 0 N–H and O–H groups in total. The van der Waals surface area contributed by atoms with Gasteiger partial charge < -0.3 is 4.90 Å². The first kappa shape index (κ1) is 8.21. The average Bonchev–Trinajstić information content (AvgIpc) is 2.05. The number of hydrogen-bond acceptors (Lipinski definition) is 1. The molecule has 1 aromatic carbocycles. The van der Waals surface area contributed by atoms with E-state index in [0.29, 0.717) is 0 Å². The molecule has 0 atom stereocenters. The van der Waals surface area contributed by atoms with E-state index in [9.17, 15) is 0 Å². The van der Waals surface area contributed by atoms with Crippen molar-refractivity contribution >= 4 is 17.2 Å². The molecule has 1 aromatic rings. The van der Waals surface area contributed by atoms with Gasteiger partial charge in [0, 0.05) is 19.7 Å². The lowest BCUT2D eigenvalue weighted by atomic mass is 10.2. The molecule has 1 rings (SSSR count). The third-order valence-corrected chi connectivity index (χ3v) is 1.97. The summed E-state index contributed by atoms with van der Waals surface area (Å²) in [5.74, 6) is 0. The van der Waals surface area contributed by atoms with Gasteiger partial charge in [-0.3, -0.25) is 0 Å². The Morgan fingerprint density at radius 2 is 1.91 bits per heavy atom. The quantitative estimate of drug-likeness (QED) is 0.581. The number of hydrogen-bond donors (Lipinski definition) is 0. The molecule has 0 fully saturated rings. The van der Waals surface area contributed by atoms with Crippen LogP contribution in [0.4, 0.5) is 0 Å². The first-order valence-corrected chi connectivity index (χ1v) is 3.80. The molecule has 0 aromatic heterocycles. The molecule has 1 nitrogen and oxygen atoms in total. The summed E-state index contributed by atoms with van der Waals surface area (Å²) < 4.78 is 0. The van der Waals surface area contributed by atoms with Crippen molar-refractivity contribution in [3.63, 3.8) is 0 Å². The Balaban J connectivity index is 2.86. The molecule has 2 heteroatoms. The van der Waals surface area contributed by atoms with Gasteiger partial charge in [-0.15, -0.1) is 0 Å². The first-order chi connectivity index (χ1) is 5.22. The standard InChI is InChI=1S/C9H10NS/c1-10(2)9(11)8-6-4-3-5-7-8/h4-7H,1-2H3. The van der Waals surface area contributed by atoms with Crippen LogP contribution in [0.2, 0.25) is 0 Å². The fourth-order valence-corrected chi connectivity index (χ4v) is 0.924. The zero-order chi connectivity index (χ0) is 8.27. The summed E-state index contributed by atoms with van der Waals surface area (Å²) in [5.41, 5.74) is 1.07. The smallest absolute Gasteiger partial charge is 0.108 e. The summed E-state index contributed by atoms with van der Waals surface area (Å²) in [7, 11) is 3.89. The molecule has 0 amide bonds. The van der Waals surface area contributed by atoms with Gasteiger partial charge in [0.2, 0.25) is 0 Å². The molecule has 0 aliphatic rings. The van der Waals surface area contributed by atoms with Crippen LogP contribution in [0.1, 0.15) is 5.56 Å². The highest BCUT2D eigenvalue weighted by atomic mass is 32.1. The fourth-order valence-electron chi connectivity index (χ4n) is 0.788. The van der Waals surface area contributed by atoms with Gasteiger partial charge in [0.15, 0.2) is 0 Å². The van der Waals surface area contributed by atoms with Crippen LogP contribution in [0, 0.1) is 6.07 Å². The first-order valence-electron chi connectivity index (χ1n) is 3.39. The van der Waals surface area contributed by atoms with Crippen LogP contribution in [0.25, 0.3) is 0 Å². The molecular formula is C9H10NS. The number of nitrogens with zero attached hydrogens (tertiary/aromatic N) is 1. The predicted octanol–water partition coefficient (Wildman–Crippen LogP) is 1.72. The Labute approximate surface area is 72.6 Å². The van der Waals surface area contributed by atoms with E-state index in [1.165, 1.54) is 0 Å². The Bertz CT molecular complexity index is 241. The normalized spacial score (nSPS) is 9.27. The van der Waals surface area contributed by atoms with Crippen LogP contribution in [-0.2, 0) is 0 Å². The predicted molar refractivity (Wildman–Crippen MR) is 50.7 cm³/mol. The molecule has 0 aliphatic carbocycles. The summed E-state index contributed by atoms with van der Waals surface area (Å²) in [4.78, 5) is 2.78. The van der Waals surface area contributed by atoms with E-state index in [-0.39, 0.29) is 0 Å². The molecule has 0 saturated heterocycles. The van der Waals surface area contributed by atoms with Crippen LogP contribution in [0.15, 0.2) is 24.3 Å². The SMILES string of the molecule is CN(C)C(=S)c1cc[c]cc1. The molecule has 11 heavy (non-hydrogen) atoms. The van der Waals surface area contributed by atoms with Crippen LogP contribution >= 0.6 is 12.2 Å². The summed E-state index contributed by atoms with van der Waals surface area (Å²) in [6.45, 7) is 0. The van der Waals surface area contributed by atoms with Gasteiger partial charge in [-0.1, -0.05) is 36.5 Å². The van der Waals surface area contributed by atoms with Crippen LogP contribution in [-0.4, -0.2) is 24.0 Å². The largest absolute Gasteiger partial charge is 0.368 e. The Morgan fingerprint density at radius 1 is 1.36 bits per heavy atom. The zero-order valence-corrected chi connectivity index (χ0v) is 7.48. The van der Waals surface area contributed by atoms with E-state index in [2.05, 4.69) is 6.07 Å². The lowest BCUT2D eigenvalue weighted by Gasteiger charge is -2.12. The van der Waals surface area contributed by atoms with Crippen molar-refractivity contribution in [3.8, 4) is 0 Å². The number of benzene rings is 1. The van der Waals surface area contributed by atoms with Gasteiger partial charge in [0.1, 0.15) is 4.99 Å². The van der Waals surface area contributed by atoms with Crippen molar-refractivity contribution in [2.75, 3.05) is 14.1 Å². The van der Waals surface area contributed by atoms with Crippen LogP contribution < -0.4 is 0 Å². The van der Waals surface area contributed by atoms with Crippen LogP contribution in [0.3, 0.4) is 0 Å². The van der Waals surface area contributed by atoms with E-state index < -0.39 is 0 Å². The van der Waals surface area contributed by atoms with Gasteiger partial charge in [-0.05, 0) is 6.07 Å². The summed E-state index contributed by atoms with van der Waals surface area (Å²) in [6, 6.07) is 10.6. The van der Waals surface area contributed by atoms with Crippen molar-refractivity contribution in [1.29, 1.82) is 0 Å². The molecular weight excluding hydrogens is 154 g/mol. The third kappa shape index (κ3) is 2.02. The second-order valence-corrected chi connectivity index (χ2v) is 2.87. The molecule has 0 heterocycles. The van der Waals surface area contributed by atoms with Crippen molar-refractivity contribution < 1.29 is 0 Å². The minimum atomic E-state index is 0.860. The van der Waals surface area contributed by atoms with E-state index in [4.69, 9.17) is 12.2 Å². The van der Waals surface area contributed by atoms with E-state index >= 15 is 0 Å². The molecule has 1 radical (unpaired) electrons. The maximum absolute atomic E-state index is 5.16. The van der Waals surface area contributed by atoms with E-state index in [1.807, 2.05) is 43.3 Å². The average molecular weight is 164 g/mol. The number of thiocarbonyl (C=S) groups is 1. The summed E-state index contributed by atoms with van der Waals surface area (Å²) >= 11 is 5.16. The van der Waals surface area contributed by atoms with Crippen molar-refractivity contribution in [3.05, 3.63) is 35.9 Å². The molecule has 0 saturated carbocycles. The highest BCUT2D eigenvalue weighted by molar-refractivity contribution is 7.80. The highest BCUT2D eigenvalue weighted by Gasteiger charge is 1.99. The Hall–Kier alpha value is -0.890. The van der Waals surface area contributed by atoms with Gasteiger partial charge >= 0.3 is 0 Å². The Morgan fingerprint density at radius 3 is 2.36 bits per heavy atom. The summed E-state index contributed by atoms with van der Waals surface area (Å²) in [6.07, 6.45) is 0.